The molecule has 2 atom stereocenters. The van der Waals surface area contributed by atoms with Gasteiger partial charge in [-0.25, -0.2) is 0 Å². The van der Waals surface area contributed by atoms with Crippen molar-refractivity contribution in [3.8, 4) is 0 Å². The summed E-state index contributed by atoms with van der Waals surface area (Å²) in [4.78, 5) is 2.17. The largest absolute Gasteiger partial charge is 0.322 e. The quantitative estimate of drug-likeness (QED) is 0.890. The van der Waals surface area contributed by atoms with Gasteiger partial charge < -0.3 is 10.6 Å². The highest BCUT2D eigenvalue weighted by atomic mass is 15.1. The molecule has 0 aromatic heterocycles. The lowest BCUT2D eigenvalue weighted by molar-refractivity contribution is 0.259. The summed E-state index contributed by atoms with van der Waals surface area (Å²) in [5.74, 6) is 0. The van der Waals surface area contributed by atoms with E-state index in [0.717, 1.165) is 0 Å². The zero-order chi connectivity index (χ0) is 13.0. The van der Waals surface area contributed by atoms with Gasteiger partial charge in [0.25, 0.3) is 0 Å². The Bertz CT molecular complexity index is 465. The number of benzene rings is 2. The van der Waals surface area contributed by atoms with Crippen LogP contribution in [0.5, 0.6) is 0 Å². The molecule has 0 fully saturated rings. The standard InChI is InChI=1S/C16H20N2/c1-18(2)16(14-11-7-4-8-12-14)15(17)13-9-5-3-6-10-13/h3-12,15-16H,17H2,1-2H3/t15-,16+/m1/s1. The van der Waals surface area contributed by atoms with E-state index in [9.17, 15) is 0 Å². The Hall–Kier alpha value is -1.64. The first kappa shape index (κ1) is 12.8. The van der Waals surface area contributed by atoms with E-state index in [-0.39, 0.29) is 12.1 Å². The second-order valence-electron chi connectivity index (χ2n) is 4.76. The molecule has 2 aromatic rings. The Morgan fingerprint density at radius 2 is 1.22 bits per heavy atom. The molecule has 0 aliphatic heterocycles. The molecule has 0 radical (unpaired) electrons. The third kappa shape index (κ3) is 2.78. The van der Waals surface area contributed by atoms with Gasteiger partial charge in [0.05, 0.1) is 6.04 Å². The highest BCUT2D eigenvalue weighted by Crippen LogP contribution is 2.30. The van der Waals surface area contributed by atoms with Gasteiger partial charge in [0.1, 0.15) is 0 Å². The smallest absolute Gasteiger partial charge is 0.0536 e. The van der Waals surface area contributed by atoms with Crippen molar-refractivity contribution >= 4 is 0 Å². The average molecular weight is 240 g/mol. The maximum atomic E-state index is 6.43. The van der Waals surface area contributed by atoms with Gasteiger partial charge in [0.2, 0.25) is 0 Å². The number of likely N-dealkylation sites (N-methyl/N-ethyl adjacent to an activating group) is 1. The van der Waals surface area contributed by atoms with Gasteiger partial charge in [-0.05, 0) is 25.2 Å². The average Bonchev–Trinajstić information content (AvgIpc) is 2.40. The lowest BCUT2D eigenvalue weighted by Gasteiger charge is -2.30. The van der Waals surface area contributed by atoms with E-state index in [1.165, 1.54) is 11.1 Å². The number of hydrogen-bond acceptors (Lipinski definition) is 2. The highest BCUT2D eigenvalue weighted by molar-refractivity contribution is 5.27. The van der Waals surface area contributed by atoms with Gasteiger partial charge in [-0.15, -0.1) is 0 Å². The summed E-state index contributed by atoms with van der Waals surface area (Å²) in [6, 6.07) is 20.8. The lowest BCUT2D eigenvalue weighted by Crippen LogP contribution is -2.31. The maximum absolute atomic E-state index is 6.43. The van der Waals surface area contributed by atoms with Crippen LogP contribution in [0.2, 0.25) is 0 Å². The fourth-order valence-electron chi connectivity index (χ4n) is 2.33. The molecule has 2 heteroatoms. The summed E-state index contributed by atoms with van der Waals surface area (Å²) in [6.07, 6.45) is 0. The second-order valence-corrected chi connectivity index (χ2v) is 4.76. The van der Waals surface area contributed by atoms with Crippen molar-refractivity contribution < 1.29 is 0 Å². The van der Waals surface area contributed by atoms with Crippen LogP contribution in [0, 0.1) is 0 Å². The van der Waals surface area contributed by atoms with Gasteiger partial charge in [-0.3, -0.25) is 0 Å². The number of hydrogen-bond donors (Lipinski definition) is 1. The minimum Gasteiger partial charge on any atom is -0.322 e. The van der Waals surface area contributed by atoms with E-state index < -0.39 is 0 Å². The zero-order valence-electron chi connectivity index (χ0n) is 11.0. The van der Waals surface area contributed by atoms with E-state index in [1.807, 2.05) is 24.3 Å². The monoisotopic (exact) mass is 240 g/mol. The Morgan fingerprint density at radius 1 is 0.778 bits per heavy atom. The Morgan fingerprint density at radius 3 is 1.67 bits per heavy atom. The summed E-state index contributed by atoms with van der Waals surface area (Å²) in [5.41, 5.74) is 8.85. The van der Waals surface area contributed by atoms with Crippen LogP contribution < -0.4 is 5.73 Å². The van der Waals surface area contributed by atoms with Crippen molar-refractivity contribution in [3.05, 3.63) is 71.8 Å². The van der Waals surface area contributed by atoms with Crippen LogP contribution in [0.4, 0.5) is 0 Å². The molecule has 2 nitrogen and oxygen atoms in total. The summed E-state index contributed by atoms with van der Waals surface area (Å²) >= 11 is 0. The van der Waals surface area contributed by atoms with E-state index in [4.69, 9.17) is 5.73 Å². The van der Waals surface area contributed by atoms with Gasteiger partial charge in [0.15, 0.2) is 0 Å². The maximum Gasteiger partial charge on any atom is 0.0536 e. The molecule has 2 rings (SSSR count). The molecule has 0 bridgehead atoms. The van der Waals surface area contributed by atoms with E-state index in [2.05, 4.69) is 55.4 Å². The number of nitrogens with zero attached hydrogens (tertiary/aromatic N) is 1. The van der Waals surface area contributed by atoms with Crippen molar-refractivity contribution in [2.45, 2.75) is 12.1 Å². The SMILES string of the molecule is CN(C)[C@@H](c1ccccc1)[C@H](N)c1ccccc1. The molecule has 2 aromatic carbocycles. The van der Waals surface area contributed by atoms with Crippen molar-refractivity contribution in [2.75, 3.05) is 14.1 Å². The topological polar surface area (TPSA) is 29.3 Å². The van der Waals surface area contributed by atoms with E-state index in [0.29, 0.717) is 0 Å². The fourth-order valence-corrected chi connectivity index (χ4v) is 2.33. The molecule has 0 saturated heterocycles. The molecule has 94 valence electrons. The van der Waals surface area contributed by atoms with Crippen LogP contribution in [0.15, 0.2) is 60.7 Å². The van der Waals surface area contributed by atoms with Crippen molar-refractivity contribution in [3.63, 3.8) is 0 Å². The van der Waals surface area contributed by atoms with E-state index >= 15 is 0 Å². The molecule has 0 aliphatic rings. The molecule has 18 heavy (non-hydrogen) atoms. The molecule has 0 amide bonds. The van der Waals surface area contributed by atoms with Crippen LogP contribution in [0.1, 0.15) is 23.2 Å². The van der Waals surface area contributed by atoms with Crippen LogP contribution >= 0.6 is 0 Å². The third-order valence-electron chi connectivity index (χ3n) is 3.22. The van der Waals surface area contributed by atoms with Crippen LogP contribution in [-0.2, 0) is 0 Å². The molecule has 0 aliphatic carbocycles. The zero-order valence-corrected chi connectivity index (χ0v) is 11.0. The molecule has 0 unspecified atom stereocenters. The first-order valence-corrected chi connectivity index (χ1v) is 6.22. The second kappa shape index (κ2) is 5.80. The third-order valence-corrected chi connectivity index (χ3v) is 3.22. The molecular weight excluding hydrogens is 220 g/mol. The van der Waals surface area contributed by atoms with Crippen molar-refractivity contribution in [2.24, 2.45) is 5.73 Å². The van der Waals surface area contributed by atoms with Gasteiger partial charge in [0, 0.05) is 6.04 Å². The van der Waals surface area contributed by atoms with Crippen molar-refractivity contribution in [1.82, 2.24) is 4.90 Å². The fraction of sp³-hybridized carbons (Fsp3) is 0.250. The van der Waals surface area contributed by atoms with Gasteiger partial charge in [-0.1, -0.05) is 60.7 Å². The molecular formula is C16H20N2. The number of rotatable bonds is 4. The predicted molar refractivity (Wildman–Crippen MR) is 76.2 cm³/mol. The highest BCUT2D eigenvalue weighted by Gasteiger charge is 2.22. The summed E-state index contributed by atoms with van der Waals surface area (Å²) < 4.78 is 0. The van der Waals surface area contributed by atoms with Crippen LogP contribution in [0.25, 0.3) is 0 Å². The van der Waals surface area contributed by atoms with E-state index in [1.54, 1.807) is 0 Å². The summed E-state index contributed by atoms with van der Waals surface area (Å²) in [5, 5.41) is 0. The predicted octanol–water partition coefficient (Wildman–Crippen LogP) is 2.99. The summed E-state index contributed by atoms with van der Waals surface area (Å²) in [7, 11) is 4.14. The van der Waals surface area contributed by atoms with Gasteiger partial charge >= 0.3 is 0 Å². The first-order chi connectivity index (χ1) is 8.70. The van der Waals surface area contributed by atoms with Crippen molar-refractivity contribution in [1.29, 1.82) is 0 Å². The van der Waals surface area contributed by atoms with Gasteiger partial charge in [-0.2, -0.15) is 0 Å². The Kier molecular flexibility index (Phi) is 4.13. The van der Waals surface area contributed by atoms with Crippen LogP contribution in [-0.4, -0.2) is 19.0 Å². The molecule has 0 heterocycles. The normalized spacial score (nSPS) is 14.4. The molecule has 2 N–H and O–H groups in total. The Labute approximate surface area is 109 Å². The minimum atomic E-state index is -0.0244. The molecule has 0 saturated carbocycles. The minimum absolute atomic E-state index is 0.0244. The molecule has 0 spiro atoms. The summed E-state index contributed by atoms with van der Waals surface area (Å²) in [6.45, 7) is 0. The lowest BCUT2D eigenvalue weighted by atomic mass is 9.93. The van der Waals surface area contributed by atoms with Crippen LogP contribution in [0.3, 0.4) is 0 Å². The number of nitrogens with two attached hydrogens (primary N) is 1. The first-order valence-electron chi connectivity index (χ1n) is 6.22. The Balaban J connectivity index is 2.32.